The summed E-state index contributed by atoms with van der Waals surface area (Å²) in [6.45, 7) is 0. The molecule has 1 aromatic heterocycles. The summed E-state index contributed by atoms with van der Waals surface area (Å²) in [6.07, 6.45) is 0. The highest BCUT2D eigenvalue weighted by Crippen LogP contribution is 2.29. The summed E-state index contributed by atoms with van der Waals surface area (Å²) in [7, 11) is -4.31. The van der Waals surface area contributed by atoms with Crippen LogP contribution in [0, 0.1) is 20.2 Å². The fourth-order valence-corrected chi connectivity index (χ4v) is 5.02. The molecule has 0 aliphatic rings. The number of amides is 1. The fourth-order valence-electron chi connectivity index (χ4n) is 3.05. The number of hydrogen-bond donors (Lipinski definition) is 2. The minimum atomic E-state index is -4.31. The Labute approximate surface area is 206 Å². The molecule has 1 amide bonds. The second-order valence-electron chi connectivity index (χ2n) is 7.08. The van der Waals surface area contributed by atoms with Crippen molar-refractivity contribution in [2.45, 2.75) is 4.90 Å². The number of rotatable bonds is 8. The second-order valence-corrected chi connectivity index (χ2v) is 9.71. The van der Waals surface area contributed by atoms with Gasteiger partial charge in [-0.2, -0.15) is 0 Å². The number of nitrogens with zero attached hydrogens (tertiary/aromatic N) is 4. The molecule has 4 aromatic rings. The third-order valence-corrected chi connectivity index (χ3v) is 7.02. The van der Waals surface area contributed by atoms with Crippen molar-refractivity contribution in [3.05, 3.63) is 98.6 Å². The van der Waals surface area contributed by atoms with Gasteiger partial charge in [0.1, 0.15) is 5.01 Å². The lowest BCUT2D eigenvalue weighted by atomic mass is 10.2. The molecule has 0 spiro atoms. The number of anilines is 2. The maximum atomic E-state index is 12.7. The number of hydrogen-bond acceptors (Lipinski definition) is 10. The van der Waals surface area contributed by atoms with Crippen LogP contribution in [0.3, 0.4) is 0 Å². The van der Waals surface area contributed by atoms with Gasteiger partial charge in [-0.05, 0) is 36.4 Å². The molecular weight excluding hydrogens is 512 g/mol. The van der Waals surface area contributed by atoms with Crippen molar-refractivity contribution in [2.75, 3.05) is 10.0 Å². The van der Waals surface area contributed by atoms with E-state index in [1.54, 1.807) is 0 Å². The number of sulfonamides is 1. The van der Waals surface area contributed by atoms with Crippen molar-refractivity contribution in [1.82, 2.24) is 10.2 Å². The molecule has 0 unspecified atom stereocenters. The lowest BCUT2D eigenvalue weighted by molar-refractivity contribution is -0.387. The number of nitrogens with one attached hydrogen (secondary N) is 2. The Bertz CT molecular complexity index is 1590. The van der Waals surface area contributed by atoms with Gasteiger partial charge < -0.3 is 0 Å². The minimum Gasteiger partial charge on any atom is -0.296 e. The van der Waals surface area contributed by atoms with Gasteiger partial charge >= 0.3 is 0 Å². The van der Waals surface area contributed by atoms with Crippen LogP contribution in [0.25, 0.3) is 10.6 Å². The number of nitro groups is 2. The predicted molar refractivity (Wildman–Crippen MR) is 130 cm³/mol. The SMILES string of the molecule is O=C(Nc1nnc(-c2ccc([N+](=O)[O-])cc2)s1)c1cccc(NS(=O)(=O)c2ccccc2[N+](=O)[O-])c1. The molecule has 4 rings (SSSR count). The highest BCUT2D eigenvalue weighted by molar-refractivity contribution is 7.92. The highest BCUT2D eigenvalue weighted by atomic mass is 32.2. The van der Waals surface area contributed by atoms with Gasteiger partial charge in [-0.25, -0.2) is 8.42 Å². The van der Waals surface area contributed by atoms with Crippen molar-refractivity contribution in [2.24, 2.45) is 0 Å². The van der Waals surface area contributed by atoms with Gasteiger partial charge in [0, 0.05) is 35.0 Å². The zero-order chi connectivity index (χ0) is 25.9. The molecule has 36 heavy (non-hydrogen) atoms. The monoisotopic (exact) mass is 526 g/mol. The second kappa shape index (κ2) is 9.85. The van der Waals surface area contributed by atoms with E-state index in [0.717, 1.165) is 23.5 Å². The summed E-state index contributed by atoms with van der Waals surface area (Å²) in [5, 5.41) is 33.0. The van der Waals surface area contributed by atoms with Crippen LogP contribution < -0.4 is 10.0 Å². The van der Waals surface area contributed by atoms with E-state index in [0.29, 0.717) is 10.6 Å². The van der Waals surface area contributed by atoms with Crippen LogP contribution in [0.1, 0.15) is 10.4 Å². The normalized spacial score (nSPS) is 11.0. The van der Waals surface area contributed by atoms with Crippen molar-refractivity contribution in [3.63, 3.8) is 0 Å². The fraction of sp³-hybridized carbons (Fsp3) is 0. The maximum absolute atomic E-state index is 12.7. The quantitative estimate of drug-likeness (QED) is 0.252. The maximum Gasteiger partial charge on any atom is 0.289 e. The largest absolute Gasteiger partial charge is 0.296 e. The summed E-state index contributed by atoms with van der Waals surface area (Å²) >= 11 is 1.04. The Kier molecular flexibility index (Phi) is 6.67. The third-order valence-electron chi connectivity index (χ3n) is 4.70. The van der Waals surface area contributed by atoms with Crippen molar-refractivity contribution in [1.29, 1.82) is 0 Å². The molecule has 0 saturated carbocycles. The van der Waals surface area contributed by atoms with Gasteiger partial charge in [0.25, 0.3) is 27.3 Å². The van der Waals surface area contributed by atoms with Crippen molar-refractivity contribution < 1.29 is 23.1 Å². The van der Waals surface area contributed by atoms with E-state index in [1.807, 2.05) is 0 Å². The molecule has 0 fully saturated rings. The van der Waals surface area contributed by atoms with Crippen LogP contribution in [0.5, 0.6) is 0 Å². The first-order valence-electron chi connectivity index (χ1n) is 9.90. The van der Waals surface area contributed by atoms with E-state index in [1.165, 1.54) is 60.7 Å². The number of nitro benzene ring substituents is 2. The van der Waals surface area contributed by atoms with Crippen LogP contribution in [0.15, 0.2) is 77.7 Å². The van der Waals surface area contributed by atoms with E-state index >= 15 is 0 Å². The van der Waals surface area contributed by atoms with Gasteiger partial charge in [-0.15, -0.1) is 10.2 Å². The minimum absolute atomic E-state index is 0.0182. The molecule has 3 aromatic carbocycles. The average Bonchev–Trinajstić information content (AvgIpc) is 3.32. The lowest BCUT2D eigenvalue weighted by Gasteiger charge is -2.09. The van der Waals surface area contributed by atoms with Gasteiger partial charge in [0.15, 0.2) is 4.90 Å². The molecule has 0 atom stereocenters. The molecule has 0 saturated heterocycles. The van der Waals surface area contributed by atoms with Gasteiger partial charge in [0.2, 0.25) is 5.13 Å². The Morgan fingerprint density at radius 2 is 1.61 bits per heavy atom. The number of benzene rings is 3. The Balaban J connectivity index is 1.49. The summed E-state index contributed by atoms with van der Waals surface area (Å²) in [5.41, 5.74) is 0.0210. The topological polar surface area (TPSA) is 187 Å². The van der Waals surface area contributed by atoms with Crippen LogP contribution in [0.4, 0.5) is 22.2 Å². The van der Waals surface area contributed by atoms with Crippen LogP contribution in [-0.2, 0) is 10.0 Å². The zero-order valence-corrected chi connectivity index (χ0v) is 19.5. The number of carbonyl (C=O) groups is 1. The van der Waals surface area contributed by atoms with Crippen molar-refractivity contribution >= 4 is 49.5 Å². The van der Waals surface area contributed by atoms with Crippen LogP contribution >= 0.6 is 11.3 Å². The van der Waals surface area contributed by atoms with Gasteiger partial charge in [-0.3, -0.25) is 35.1 Å². The smallest absolute Gasteiger partial charge is 0.289 e. The number of aromatic nitrogens is 2. The van der Waals surface area contributed by atoms with E-state index < -0.39 is 36.4 Å². The van der Waals surface area contributed by atoms with Crippen LogP contribution in [0.2, 0.25) is 0 Å². The summed E-state index contributed by atoms with van der Waals surface area (Å²) in [5.74, 6) is -0.604. The van der Waals surface area contributed by atoms with E-state index in [4.69, 9.17) is 0 Å². The molecule has 0 radical (unpaired) electrons. The molecule has 1 heterocycles. The summed E-state index contributed by atoms with van der Waals surface area (Å²) in [6, 6.07) is 16.1. The molecule has 15 heteroatoms. The number of para-hydroxylation sites is 1. The third kappa shape index (κ3) is 5.31. The Morgan fingerprint density at radius 3 is 2.31 bits per heavy atom. The first-order chi connectivity index (χ1) is 17.1. The lowest BCUT2D eigenvalue weighted by Crippen LogP contribution is -2.16. The summed E-state index contributed by atoms with van der Waals surface area (Å²) in [4.78, 5) is 32.8. The predicted octanol–water partition coefficient (Wildman–Crippen LogP) is 4.07. The first kappa shape index (κ1) is 24.4. The van der Waals surface area contributed by atoms with E-state index in [9.17, 15) is 33.4 Å². The number of carbonyl (C=O) groups excluding carboxylic acids is 1. The molecule has 0 bridgehead atoms. The van der Waals surface area contributed by atoms with Gasteiger partial charge in [-0.1, -0.05) is 29.5 Å². The van der Waals surface area contributed by atoms with E-state index in [-0.39, 0.29) is 22.1 Å². The first-order valence-corrected chi connectivity index (χ1v) is 12.2. The van der Waals surface area contributed by atoms with Gasteiger partial charge in [0.05, 0.1) is 9.85 Å². The zero-order valence-electron chi connectivity index (χ0n) is 17.9. The molecule has 0 aliphatic carbocycles. The average molecular weight is 527 g/mol. The Hall–Kier alpha value is -4.76. The van der Waals surface area contributed by atoms with Crippen molar-refractivity contribution in [3.8, 4) is 10.6 Å². The highest BCUT2D eigenvalue weighted by Gasteiger charge is 2.25. The number of non-ortho nitro benzene ring substituents is 1. The van der Waals surface area contributed by atoms with E-state index in [2.05, 4.69) is 20.2 Å². The standard InChI is InChI=1S/C21H14N6O7S2/c28-19(22-21-24-23-20(35-21)13-8-10-16(11-9-13)26(29)30)14-4-3-5-15(12-14)25-36(33,34)18-7-2-1-6-17(18)27(31)32/h1-12,25H,(H,22,24,28). The Morgan fingerprint density at radius 1 is 0.889 bits per heavy atom. The molecule has 13 nitrogen and oxygen atoms in total. The molecule has 182 valence electrons. The molecule has 2 N–H and O–H groups in total. The van der Waals surface area contributed by atoms with Crippen LogP contribution in [-0.4, -0.2) is 34.4 Å². The molecular formula is C21H14N6O7S2. The summed E-state index contributed by atoms with van der Waals surface area (Å²) < 4.78 is 27.7. The molecule has 0 aliphatic heterocycles.